The van der Waals surface area contributed by atoms with Crippen molar-refractivity contribution in [2.45, 2.75) is 4.90 Å². The highest BCUT2D eigenvalue weighted by atomic mass is 35.5. The molecule has 0 aromatic heterocycles. The van der Waals surface area contributed by atoms with E-state index in [9.17, 15) is 43.3 Å². The van der Waals surface area contributed by atoms with Crippen molar-refractivity contribution in [2.24, 2.45) is 0 Å². The first-order valence-electron chi connectivity index (χ1n) is 10.8. The lowest BCUT2D eigenvalue weighted by Crippen LogP contribution is -2.40. The first-order valence-corrected chi connectivity index (χ1v) is 12.7. The number of imide groups is 1. The van der Waals surface area contributed by atoms with Crippen LogP contribution in [0.2, 0.25) is 5.02 Å². The molecule has 196 valence electrons. The number of nitro benzene ring substituents is 2. The third-order valence-corrected chi connectivity index (χ3v) is 7.60. The van der Waals surface area contributed by atoms with Crippen LogP contribution in [0.5, 0.6) is 5.75 Å². The molecule has 0 radical (unpaired) electrons. The van der Waals surface area contributed by atoms with Crippen molar-refractivity contribution < 1.29 is 33.0 Å². The number of nitro groups is 2. The van der Waals surface area contributed by atoms with Crippen molar-refractivity contribution in [3.05, 3.63) is 103 Å². The number of hydrogen-bond acceptors (Lipinski definition) is 9. The Kier molecular flexibility index (Phi) is 5.92. The minimum absolute atomic E-state index is 0.0231. The molecule has 0 saturated carbocycles. The molecular formula is C24H13ClN4O9S. The van der Waals surface area contributed by atoms with Crippen LogP contribution in [-0.4, -0.2) is 35.2 Å². The van der Waals surface area contributed by atoms with Crippen molar-refractivity contribution in [3.8, 4) is 5.75 Å². The number of amides is 2. The highest BCUT2D eigenvalue weighted by Crippen LogP contribution is 2.41. The van der Waals surface area contributed by atoms with E-state index >= 15 is 0 Å². The molecule has 4 aromatic carbocycles. The normalized spacial score (nSPS) is 13.0. The van der Waals surface area contributed by atoms with Gasteiger partial charge in [0.15, 0.2) is 0 Å². The fraction of sp³-hybridized carbons (Fsp3) is 0. The highest BCUT2D eigenvalue weighted by molar-refractivity contribution is 7.92. The average Bonchev–Trinajstić information content (AvgIpc) is 2.88. The Labute approximate surface area is 223 Å². The monoisotopic (exact) mass is 568 g/mol. The van der Waals surface area contributed by atoms with E-state index in [-0.39, 0.29) is 43.6 Å². The summed E-state index contributed by atoms with van der Waals surface area (Å²) in [7, 11) is -4.22. The Balaban J connectivity index is 1.55. The van der Waals surface area contributed by atoms with Crippen LogP contribution in [-0.2, 0) is 10.0 Å². The number of nitrogens with zero attached hydrogens (tertiary/aromatic N) is 3. The number of hydrogen-bond donors (Lipinski definition) is 2. The van der Waals surface area contributed by atoms with Gasteiger partial charge in [0.2, 0.25) is 0 Å². The predicted octanol–water partition coefficient (Wildman–Crippen LogP) is 4.62. The van der Waals surface area contributed by atoms with Gasteiger partial charge in [0, 0.05) is 33.7 Å². The van der Waals surface area contributed by atoms with E-state index in [0.717, 1.165) is 41.3 Å². The third-order valence-electron chi connectivity index (χ3n) is 5.99. The molecule has 0 unspecified atom stereocenters. The standard InChI is InChI=1S/C24H13ClN4O9S/c25-12-1-10-20(30)17(11-12)26-39(37,38)14-4-2-13(3-5-14)27-23(31)15-6-8-18(28(33)34)22-19(29(35)36)9-7-16(21(15)22)24(27)32/h1-11,26,30H. The second kappa shape index (κ2) is 9.04. The second-order valence-electron chi connectivity index (χ2n) is 8.24. The van der Waals surface area contributed by atoms with Gasteiger partial charge in [0.1, 0.15) is 11.1 Å². The SMILES string of the molecule is O=C1c2ccc([N+](=O)[O-])c3c([N+](=O)[O-])ccc(c23)C(=O)N1c1ccc(S(=O)(=O)Nc2cc(Cl)ccc2O)cc1. The molecular weight excluding hydrogens is 556 g/mol. The van der Waals surface area contributed by atoms with Gasteiger partial charge in [-0.1, -0.05) is 11.6 Å². The summed E-state index contributed by atoms with van der Waals surface area (Å²) in [5, 5.41) is 32.5. The lowest BCUT2D eigenvalue weighted by atomic mass is 9.91. The van der Waals surface area contributed by atoms with E-state index < -0.39 is 48.4 Å². The van der Waals surface area contributed by atoms with Gasteiger partial charge in [-0.15, -0.1) is 0 Å². The van der Waals surface area contributed by atoms with Crippen LogP contribution in [0.3, 0.4) is 0 Å². The van der Waals surface area contributed by atoms with Crippen LogP contribution in [0.25, 0.3) is 10.8 Å². The Morgan fingerprint density at radius 2 is 1.33 bits per heavy atom. The molecule has 2 amide bonds. The zero-order valence-corrected chi connectivity index (χ0v) is 20.8. The van der Waals surface area contributed by atoms with Crippen LogP contribution in [0.1, 0.15) is 20.7 Å². The summed E-state index contributed by atoms with van der Waals surface area (Å²) < 4.78 is 27.8. The lowest BCUT2D eigenvalue weighted by molar-refractivity contribution is -0.390. The zero-order chi connectivity index (χ0) is 28.2. The van der Waals surface area contributed by atoms with Gasteiger partial charge in [0.05, 0.1) is 26.1 Å². The fourth-order valence-electron chi connectivity index (χ4n) is 4.26. The fourth-order valence-corrected chi connectivity index (χ4v) is 5.49. The molecule has 2 N–H and O–H groups in total. The first-order chi connectivity index (χ1) is 18.4. The molecule has 0 saturated heterocycles. The van der Waals surface area contributed by atoms with Crippen LogP contribution in [0, 0.1) is 20.2 Å². The van der Waals surface area contributed by atoms with Crippen LogP contribution < -0.4 is 9.62 Å². The molecule has 1 aliphatic rings. The van der Waals surface area contributed by atoms with E-state index in [0.29, 0.717) is 0 Å². The van der Waals surface area contributed by atoms with Gasteiger partial charge in [-0.05, 0) is 54.6 Å². The number of sulfonamides is 1. The maximum absolute atomic E-state index is 13.4. The van der Waals surface area contributed by atoms with Gasteiger partial charge in [0.25, 0.3) is 33.2 Å². The summed E-state index contributed by atoms with van der Waals surface area (Å²) in [5.74, 6) is -2.19. The molecule has 1 aliphatic heterocycles. The second-order valence-corrected chi connectivity index (χ2v) is 10.4. The van der Waals surface area contributed by atoms with E-state index in [1.165, 1.54) is 30.3 Å². The quantitative estimate of drug-likeness (QED) is 0.145. The van der Waals surface area contributed by atoms with Crippen molar-refractivity contribution in [3.63, 3.8) is 0 Å². The Morgan fingerprint density at radius 3 is 1.85 bits per heavy atom. The number of halogens is 1. The summed E-state index contributed by atoms with van der Waals surface area (Å²) in [5.41, 5.74) is -1.81. The summed E-state index contributed by atoms with van der Waals surface area (Å²) in [4.78, 5) is 48.6. The smallest absolute Gasteiger partial charge is 0.284 e. The predicted molar refractivity (Wildman–Crippen MR) is 139 cm³/mol. The maximum Gasteiger partial charge on any atom is 0.284 e. The van der Waals surface area contributed by atoms with Crippen LogP contribution >= 0.6 is 11.6 Å². The number of anilines is 2. The number of benzene rings is 4. The molecule has 0 atom stereocenters. The lowest BCUT2D eigenvalue weighted by Gasteiger charge is -2.27. The van der Waals surface area contributed by atoms with Gasteiger partial charge in [-0.2, -0.15) is 0 Å². The average molecular weight is 569 g/mol. The topological polar surface area (TPSA) is 190 Å². The number of rotatable bonds is 6. The molecule has 39 heavy (non-hydrogen) atoms. The molecule has 13 nitrogen and oxygen atoms in total. The van der Waals surface area contributed by atoms with E-state index in [4.69, 9.17) is 11.6 Å². The van der Waals surface area contributed by atoms with E-state index in [1.807, 2.05) is 0 Å². The summed E-state index contributed by atoms with van der Waals surface area (Å²) in [6.45, 7) is 0. The maximum atomic E-state index is 13.4. The summed E-state index contributed by atoms with van der Waals surface area (Å²) in [6.07, 6.45) is 0. The molecule has 0 fully saturated rings. The van der Waals surface area contributed by atoms with Crippen LogP contribution in [0.4, 0.5) is 22.7 Å². The number of carbonyl (C=O) groups excluding carboxylic acids is 2. The Bertz CT molecular complexity index is 1810. The number of aromatic hydroxyl groups is 1. The molecule has 0 bridgehead atoms. The Hall–Kier alpha value is -5.08. The molecule has 5 rings (SSSR count). The first kappa shape index (κ1) is 25.6. The number of phenols is 1. The van der Waals surface area contributed by atoms with Gasteiger partial charge < -0.3 is 5.11 Å². The largest absolute Gasteiger partial charge is 0.506 e. The van der Waals surface area contributed by atoms with Gasteiger partial charge in [-0.25, -0.2) is 13.3 Å². The Morgan fingerprint density at radius 1 is 0.795 bits per heavy atom. The third kappa shape index (κ3) is 4.17. The number of phenolic OH excluding ortho intramolecular Hbond substituents is 1. The summed E-state index contributed by atoms with van der Waals surface area (Å²) >= 11 is 5.86. The van der Waals surface area contributed by atoms with Crippen molar-refractivity contribution in [1.29, 1.82) is 0 Å². The van der Waals surface area contributed by atoms with E-state index in [2.05, 4.69) is 4.72 Å². The van der Waals surface area contributed by atoms with Crippen molar-refractivity contribution in [1.82, 2.24) is 0 Å². The highest BCUT2D eigenvalue weighted by Gasteiger charge is 2.38. The summed E-state index contributed by atoms with van der Waals surface area (Å²) in [6, 6.07) is 12.5. The number of carbonyl (C=O) groups is 2. The number of nitrogens with one attached hydrogen (secondary N) is 1. The van der Waals surface area contributed by atoms with E-state index in [1.54, 1.807) is 0 Å². The minimum Gasteiger partial charge on any atom is -0.506 e. The zero-order valence-electron chi connectivity index (χ0n) is 19.2. The van der Waals surface area contributed by atoms with Crippen molar-refractivity contribution >= 4 is 67.0 Å². The molecule has 0 aliphatic carbocycles. The minimum atomic E-state index is -4.22. The molecule has 15 heteroatoms. The van der Waals surface area contributed by atoms with Crippen molar-refractivity contribution in [2.75, 3.05) is 9.62 Å². The molecule has 4 aromatic rings. The molecule has 1 heterocycles. The van der Waals surface area contributed by atoms with Gasteiger partial charge >= 0.3 is 0 Å². The van der Waals surface area contributed by atoms with Gasteiger partial charge in [-0.3, -0.25) is 34.5 Å². The number of non-ortho nitro benzene ring substituents is 2. The molecule has 0 spiro atoms. The van der Waals surface area contributed by atoms with Crippen LogP contribution in [0.15, 0.2) is 71.6 Å².